The number of ether oxygens (including phenoxy) is 1. The highest BCUT2D eigenvalue weighted by Gasteiger charge is 2.29. The van der Waals surface area contributed by atoms with E-state index in [-0.39, 0.29) is 23.6 Å². The van der Waals surface area contributed by atoms with E-state index >= 15 is 0 Å². The summed E-state index contributed by atoms with van der Waals surface area (Å²) >= 11 is 4.76. The monoisotopic (exact) mass is 378 g/mol. The molecule has 8 heteroatoms. The van der Waals surface area contributed by atoms with Gasteiger partial charge in [-0.1, -0.05) is 0 Å². The first-order valence-corrected chi connectivity index (χ1v) is 8.25. The second-order valence-electron chi connectivity index (χ2n) is 4.73. The molecule has 1 fully saturated rings. The molecule has 1 amide bonds. The zero-order valence-electron chi connectivity index (χ0n) is 11.4. The van der Waals surface area contributed by atoms with Gasteiger partial charge in [0, 0.05) is 35.2 Å². The number of nitriles is 1. The smallest absolute Gasteiger partial charge is 0.264 e. The van der Waals surface area contributed by atoms with E-state index in [2.05, 4.69) is 25.9 Å². The van der Waals surface area contributed by atoms with Crippen LogP contribution < -0.4 is 4.74 Å². The van der Waals surface area contributed by atoms with Gasteiger partial charge in [-0.3, -0.25) is 4.79 Å². The van der Waals surface area contributed by atoms with Gasteiger partial charge in [-0.25, -0.2) is 9.97 Å². The molecular formula is C14H11BrN4O2S. The quantitative estimate of drug-likeness (QED) is 0.819. The first-order valence-electron chi connectivity index (χ1n) is 6.58. The highest BCUT2D eigenvalue weighted by Crippen LogP contribution is 2.24. The van der Waals surface area contributed by atoms with Crippen molar-refractivity contribution in [3.05, 3.63) is 38.9 Å². The highest BCUT2D eigenvalue weighted by molar-refractivity contribution is 9.10. The second kappa shape index (κ2) is 6.42. The molecule has 0 saturated carbocycles. The van der Waals surface area contributed by atoms with Gasteiger partial charge in [0.2, 0.25) is 5.69 Å². The lowest BCUT2D eigenvalue weighted by atomic mass is 10.3. The number of thiophene rings is 1. The molecule has 0 unspecified atom stereocenters. The number of hydrogen-bond acceptors (Lipinski definition) is 6. The summed E-state index contributed by atoms with van der Waals surface area (Å²) in [6.07, 6.45) is 3.47. The van der Waals surface area contributed by atoms with Gasteiger partial charge in [0.15, 0.2) is 0 Å². The predicted molar refractivity (Wildman–Crippen MR) is 83.7 cm³/mol. The molecular weight excluding hydrogens is 368 g/mol. The third-order valence-electron chi connectivity index (χ3n) is 3.26. The minimum atomic E-state index is -0.170. The number of carbonyl (C=O) groups is 1. The van der Waals surface area contributed by atoms with Gasteiger partial charge in [0.25, 0.3) is 11.8 Å². The summed E-state index contributed by atoms with van der Waals surface area (Å²) in [5, 5.41) is 10.9. The molecule has 1 aliphatic rings. The van der Waals surface area contributed by atoms with Crippen molar-refractivity contribution < 1.29 is 9.53 Å². The number of nitrogens with zero attached hydrogens (tertiary/aromatic N) is 4. The first-order chi connectivity index (χ1) is 10.7. The van der Waals surface area contributed by atoms with Gasteiger partial charge in [-0.05, 0) is 22.0 Å². The Morgan fingerprint density at radius 3 is 3.05 bits per heavy atom. The topological polar surface area (TPSA) is 79.1 Å². The van der Waals surface area contributed by atoms with Crippen LogP contribution in [-0.2, 0) is 0 Å². The summed E-state index contributed by atoms with van der Waals surface area (Å²) in [6, 6.07) is 3.77. The zero-order valence-corrected chi connectivity index (χ0v) is 13.8. The number of halogens is 1. The van der Waals surface area contributed by atoms with Crippen LogP contribution in [0.1, 0.15) is 21.8 Å². The van der Waals surface area contributed by atoms with Crippen molar-refractivity contribution in [2.75, 3.05) is 13.1 Å². The van der Waals surface area contributed by atoms with E-state index in [4.69, 9.17) is 10.00 Å². The van der Waals surface area contributed by atoms with E-state index in [0.29, 0.717) is 24.4 Å². The summed E-state index contributed by atoms with van der Waals surface area (Å²) in [6.45, 7) is 1.11. The Labute approximate surface area is 139 Å². The average molecular weight is 379 g/mol. The molecule has 22 heavy (non-hydrogen) atoms. The van der Waals surface area contributed by atoms with Crippen LogP contribution in [0.15, 0.2) is 28.3 Å². The van der Waals surface area contributed by atoms with Crippen molar-refractivity contribution in [1.82, 2.24) is 14.9 Å². The fourth-order valence-corrected chi connectivity index (χ4v) is 3.63. The number of rotatable bonds is 3. The fourth-order valence-electron chi connectivity index (χ4n) is 2.24. The molecule has 1 atom stereocenters. The van der Waals surface area contributed by atoms with Crippen LogP contribution in [0, 0.1) is 11.3 Å². The maximum Gasteiger partial charge on any atom is 0.264 e. The highest BCUT2D eigenvalue weighted by atomic mass is 79.9. The van der Waals surface area contributed by atoms with Crippen molar-refractivity contribution >= 4 is 33.2 Å². The Bertz CT molecular complexity index is 742. The SMILES string of the molecule is N#Cc1nccnc1O[C@H]1CCN(C(=O)c2cc(Br)cs2)C1. The molecule has 0 N–H and O–H groups in total. The Morgan fingerprint density at radius 2 is 2.32 bits per heavy atom. The predicted octanol–water partition coefficient (Wildman–Crippen LogP) is 2.47. The van der Waals surface area contributed by atoms with Crippen LogP contribution in [0.4, 0.5) is 0 Å². The summed E-state index contributed by atoms with van der Waals surface area (Å²) in [5.41, 5.74) is 0.162. The van der Waals surface area contributed by atoms with Gasteiger partial charge in [0.05, 0.1) is 11.4 Å². The lowest BCUT2D eigenvalue weighted by molar-refractivity contribution is 0.0775. The van der Waals surface area contributed by atoms with Crippen molar-refractivity contribution in [3.63, 3.8) is 0 Å². The van der Waals surface area contributed by atoms with E-state index in [9.17, 15) is 4.79 Å². The Kier molecular flexibility index (Phi) is 4.36. The fraction of sp³-hybridized carbons (Fsp3) is 0.286. The largest absolute Gasteiger partial charge is 0.470 e. The van der Waals surface area contributed by atoms with Gasteiger partial charge in [-0.15, -0.1) is 11.3 Å². The number of likely N-dealkylation sites (tertiary alicyclic amines) is 1. The van der Waals surface area contributed by atoms with Crippen LogP contribution in [0.3, 0.4) is 0 Å². The van der Waals surface area contributed by atoms with Crippen LogP contribution in [-0.4, -0.2) is 40.0 Å². The average Bonchev–Trinajstić information content (AvgIpc) is 3.16. The van der Waals surface area contributed by atoms with E-state index in [1.807, 2.05) is 17.5 Å². The van der Waals surface area contributed by atoms with Crippen LogP contribution >= 0.6 is 27.3 Å². The number of amides is 1. The molecule has 0 aliphatic carbocycles. The van der Waals surface area contributed by atoms with Gasteiger partial charge in [-0.2, -0.15) is 5.26 Å². The molecule has 3 heterocycles. The summed E-state index contributed by atoms with van der Waals surface area (Å²) in [4.78, 5) is 22.8. The summed E-state index contributed by atoms with van der Waals surface area (Å²) < 4.78 is 6.63. The third kappa shape index (κ3) is 3.10. The molecule has 0 bridgehead atoms. The Hall–Kier alpha value is -1.98. The van der Waals surface area contributed by atoms with Crippen molar-refractivity contribution in [3.8, 4) is 11.9 Å². The van der Waals surface area contributed by atoms with E-state index in [0.717, 1.165) is 4.47 Å². The molecule has 112 valence electrons. The summed E-state index contributed by atoms with van der Waals surface area (Å²) in [5.74, 6) is 0.226. The first kappa shape index (κ1) is 14.9. The van der Waals surface area contributed by atoms with Crippen molar-refractivity contribution in [1.29, 1.82) is 5.26 Å². The second-order valence-corrected chi connectivity index (χ2v) is 6.56. The molecule has 2 aromatic heterocycles. The molecule has 3 rings (SSSR count). The van der Waals surface area contributed by atoms with E-state index in [1.165, 1.54) is 23.7 Å². The lowest BCUT2D eigenvalue weighted by Gasteiger charge is -2.16. The Morgan fingerprint density at radius 1 is 1.50 bits per heavy atom. The van der Waals surface area contributed by atoms with E-state index in [1.54, 1.807) is 4.90 Å². The standard InChI is InChI=1S/C14H11BrN4O2S/c15-9-5-12(22-8-9)14(20)19-4-1-10(7-19)21-13-11(6-16)17-2-3-18-13/h2-3,5,8,10H,1,4,7H2/t10-/m0/s1. The minimum Gasteiger partial charge on any atom is -0.470 e. The lowest BCUT2D eigenvalue weighted by Crippen LogP contribution is -2.30. The van der Waals surface area contributed by atoms with Crippen molar-refractivity contribution in [2.24, 2.45) is 0 Å². The molecule has 1 saturated heterocycles. The van der Waals surface area contributed by atoms with Crippen LogP contribution in [0.5, 0.6) is 5.88 Å². The van der Waals surface area contributed by atoms with Gasteiger partial charge >= 0.3 is 0 Å². The van der Waals surface area contributed by atoms with Crippen LogP contribution in [0.25, 0.3) is 0 Å². The maximum atomic E-state index is 12.4. The molecule has 1 aliphatic heterocycles. The van der Waals surface area contributed by atoms with Gasteiger partial charge in [0.1, 0.15) is 12.2 Å². The summed E-state index contributed by atoms with van der Waals surface area (Å²) in [7, 11) is 0. The molecule has 0 aromatic carbocycles. The van der Waals surface area contributed by atoms with Gasteiger partial charge < -0.3 is 9.64 Å². The third-order valence-corrected chi connectivity index (χ3v) is 4.94. The molecule has 2 aromatic rings. The molecule has 6 nitrogen and oxygen atoms in total. The molecule has 0 radical (unpaired) electrons. The number of aromatic nitrogens is 2. The van der Waals surface area contributed by atoms with Crippen LogP contribution in [0.2, 0.25) is 0 Å². The zero-order chi connectivity index (χ0) is 15.5. The molecule has 0 spiro atoms. The maximum absolute atomic E-state index is 12.4. The number of carbonyl (C=O) groups excluding carboxylic acids is 1. The number of hydrogen-bond donors (Lipinski definition) is 0. The normalized spacial score (nSPS) is 17.3. The van der Waals surface area contributed by atoms with E-state index < -0.39 is 0 Å². The Balaban J connectivity index is 1.65. The van der Waals surface area contributed by atoms with Crippen molar-refractivity contribution in [2.45, 2.75) is 12.5 Å². The minimum absolute atomic E-state index is 0.00134.